The summed E-state index contributed by atoms with van der Waals surface area (Å²) in [5, 5.41) is 3.46. The Hall–Kier alpha value is -2.07. The Morgan fingerprint density at radius 3 is 2.67 bits per heavy atom. The van der Waals surface area contributed by atoms with Gasteiger partial charge in [0.2, 0.25) is 5.76 Å². The normalized spacial score (nSPS) is 12.1. The Labute approximate surface area is 125 Å². The predicted octanol–water partition coefficient (Wildman–Crippen LogP) is 3.35. The van der Waals surface area contributed by atoms with E-state index in [2.05, 4.69) is 29.1 Å². The average Bonchev–Trinajstić information content (AvgIpc) is 3.01. The van der Waals surface area contributed by atoms with Crippen molar-refractivity contribution in [2.45, 2.75) is 25.8 Å². The quantitative estimate of drug-likeness (QED) is 0.793. The van der Waals surface area contributed by atoms with E-state index in [1.807, 2.05) is 24.3 Å². The first kappa shape index (κ1) is 15.3. The van der Waals surface area contributed by atoms with Crippen LogP contribution < -0.4 is 5.32 Å². The van der Waals surface area contributed by atoms with Crippen molar-refractivity contribution >= 4 is 5.97 Å². The lowest BCUT2D eigenvalue weighted by atomic mass is 10.0. The number of hydrogen-bond acceptors (Lipinski definition) is 4. The topological polar surface area (TPSA) is 51.5 Å². The number of carbonyl (C=O) groups is 1. The van der Waals surface area contributed by atoms with Gasteiger partial charge in [0.05, 0.1) is 13.2 Å². The van der Waals surface area contributed by atoms with E-state index in [4.69, 9.17) is 4.42 Å². The van der Waals surface area contributed by atoms with Crippen LogP contribution in [0.5, 0.6) is 0 Å². The van der Waals surface area contributed by atoms with Gasteiger partial charge in [0.15, 0.2) is 0 Å². The first-order valence-corrected chi connectivity index (χ1v) is 7.20. The summed E-state index contributed by atoms with van der Waals surface area (Å²) in [4.78, 5) is 11.5. The molecule has 0 spiro atoms. The minimum absolute atomic E-state index is 0.0470. The van der Waals surface area contributed by atoms with Crippen LogP contribution in [-0.4, -0.2) is 19.6 Å². The molecular formula is C17H21NO3. The van der Waals surface area contributed by atoms with Gasteiger partial charge in [0, 0.05) is 0 Å². The summed E-state index contributed by atoms with van der Waals surface area (Å²) in [6.07, 6.45) is 1.85. The van der Waals surface area contributed by atoms with Crippen molar-refractivity contribution in [3.63, 3.8) is 0 Å². The van der Waals surface area contributed by atoms with Gasteiger partial charge in [-0.3, -0.25) is 0 Å². The van der Waals surface area contributed by atoms with Gasteiger partial charge in [-0.05, 0) is 37.1 Å². The van der Waals surface area contributed by atoms with Gasteiger partial charge in [0.25, 0.3) is 0 Å². The van der Waals surface area contributed by atoms with Crippen LogP contribution in [0.1, 0.15) is 41.3 Å². The molecule has 0 aliphatic heterocycles. The molecule has 0 radical (unpaired) electrons. The third-order valence-electron chi connectivity index (χ3n) is 3.28. The molecule has 1 N–H and O–H groups in total. The van der Waals surface area contributed by atoms with Crippen LogP contribution in [0.25, 0.3) is 0 Å². The van der Waals surface area contributed by atoms with E-state index in [0.29, 0.717) is 0 Å². The molecule has 0 aliphatic rings. The van der Waals surface area contributed by atoms with Crippen LogP contribution >= 0.6 is 0 Å². The Morgan fingerprint density at radius 1 is 1.24 bits per heavy atom. The molecule has 0 saturated carbocycles. The minimum Gasteiger partial charge on any atom is -0.463 e. The standard InChI is InChI=1S/C17H21NO3/c1-3-11-18-14(12-13-7-5-4-6-8-13)15-9-10-16(21-15)17(19)20-2/h4-10,14,18H,3,11-12H2,1-2H3. The van der Waals surface area contributed by atoms with Crippen molar-refractivity contribution in [3.8, 4) is 0 Å². The molecule has 1 aromatic heterocycles. The zero-order chi connectivity index (χ0) is 15.1. The SMILES string of the molecule is CCCNC(Cc1ccccc1)c1ccc(C(=O)OC)o1. The highest BCUT2D eigenvalue weighted by Gasteiger charge is 2.18. The summed E-state index contributed by atoms with van der Waals surface area (Å²) in [6, 6.07) is 13.8. The van der Waals surface area contributed by atoms with Crippen LogP contribution in [0.4, 0.5) is 0 Å². The van der Waals surface area contributed by atoms with Crippen LogP contribution in [0.3, 0.4) is 0 Å². The second-order valence-electron chi connectivity index (χ2n) is 4.89. The van der Waals surface area contributed by atoms with Crippen molar-refractivity contribution in [3.05, 3.63) is 59.5 Å². The lowest BCUT2D eigenvalue weighted by molar-refractivity contribution is 0.0562. The highest BCUT2D eigenvalue weighted by molar-refractivity contribution is 5.86. The maximum Gasteiger partial charge on any atom is 0.373 e. The van der Waals surface area contributed by atoms with Crippen molar-refractivity contribution in [1.82, 2.24) is 5.32 Å². The molecule has 4 nitrogen and oxygen atoms in total. The van der Waals surface area contributed by atoms with E-state index in [-0.39, 0.29) is 11.8 Å². The third kappa shape index (κ3) is 4.20. The molecule has 1 atom stereocenters. The Bertz CT molecular complexity index is 562. The molecule has 2 aromatic rings. The second-order valence-corrected chi connectivity index (χ2v) is 4.89. The molecule has 4 heteroatoms. The first-order chi connectivity index (χ1) is 10.2. The number of esters is 1. The number of methoxy groups -OCH3 is 1. The molecule has 0 saturated heterocycles. The smallest absolute Gasteiger partial charge is 0.373 e. The number of rotatable bonds is 7. The lowest BCUT2D eigenvalue weighted by Crippen LogP contribution is -2.23. The van der Waals surface area contributed by atoms with Gasteiger partial charge in [-0.1, -0.05) is 37.3 Å². The largest absolute Gasteiger partial charge is 0.463 e. The van der Waals surface area contributed by atoms with Gasteiger partial charge >= 0.3 is 5.97 Å². The Balaban J connectivity index is 2.15. The number of furan rings is 1. The summed E-state index contributed by atoms with van der Waals surface area (Å²) >= 11 is 0. The lowest BCUT2D eigenvalue weighted by Gasteiger charge is -2.16. The highest BCUT2D eigenvalue weighted by atomic mass is 16.5. The summed E-state index contributed by atoms with van der Waals surface area (Å²) in [5.41, 5.74) is 1.22. The van der Waals surface area contributed by atoms with Crippen molar-refractivity contribution < 1.29 is 13.9 Å². The molecule has 0 fully saturated rings. The number of nitrogens with one attached hydrogen (secondary N) is 1. The molecular weight excluding hydrogens is 266 g/mol. The first-order valence-electron chi connectivity index (χ1n) is 7.20. The maximum atomic E-state index is 11.5. The monoisotopic (exact) mass is 287 g/mol. The Morgan fingerprint density at radius 2 is 2.00 bits per heavy atom. The van der Waals surface area contributed by atoms with Crippen LogP contribution in [-0.2, 0) is 11.2 Å². The van der Waals surface area contributed by atoms with E-state index in [0.717, 1.165) is 25.1 Å². The van der Waals surface area contributed by atoms with Crippen LogP contribution in [0, 0.1) is 0 Å². The van der Waals surface area contributed by atoms with E-state index in [1.165, 1.54) is 12.7 Å². The number of hydrogen-bond donors (Lipinski definition) is 1. The van der Waals surface area contributed by atoms with E-state index in [1.54, 1.807) is 6.07 Å². The molecule has 0 bridgehead atoms. The van der Waals surface area contributed by atoms with E-state index < -0.39 is 5.97 Å². The van der Waals surface area contributed by atoms with E-state index >= 15 is 0 Å². The number of ether oxygens (including phenoxy) is 1. The van der Waals surface area contributed by atoms with Gasteiger partial charge < -0.3 is 14.5 Å². The molecule has 21 heavy (non-hydrogen) atoms. The number of benzene rings is 1. The summed E-state index contributed by atoms with van der Waals surface area (Å²) in [7, 11) is 1.35. The Kier molecular flexibility index (Phi) is 5.58. The fourth-order valence-electron chi connectivity index (χ4n) is 2.19. The minimum atomic E-state index is -0.449. The zero-order valence-corrected chi connectivity index (χ0v) is 12.5. The molecule has 0 amide bonds. The van der Waals surface area contributed by atoms with Crippen LogP contribution in [0.15, 0.2) is 46.9 Å². The van der Waals surface area contributed by atoms with Gasteiger partial charge in [-0.25, -0.2) is 4.79 Å². The van der Waals surface area contributed by atoms with Gasteiger partial charge in [-0.2, -0.15) is 0 Å². The predicted molar refractivity (Wildman–Crippen MR) is 81.2 cm³/mol. The molecule has 112 valence electrons. The van der Waals surface area contributed by atoms with Crippen molar-refractivity contribution in [1.29, 1.82) is 0 Å². The molecule has 1 heterocycles. The van der Waals surface area contributed by atoms with Crippen molar-refractivity contribution in [2.24, 2.45) is 0 Å². The summed E-state index contributed by atoms with van der Waals surface area (Å²) in [6.45, 7) is 3.01. The zero-order valence-electron chi connectivity index (χ0n) is 12.5. The van der Waals surface area contributed by atoms with Crippen LogP contribution in [0.2, 0.25) is 0 Å². The van der Waals surface area contributed by atoms with E-state index in [9.17, 15) is 4.79 Å². The third-order valence-corrected chi connectivity index (χ3v) is 3.28. The molecule has 0 aliphatic carbocycles. The fourth-order valence-corrected chi connectivity index (χ4v) is 2.19. The molecule has 1 unspecified atom stereocenters. The second kappa shape index (κ2) is 7.64. The summed E-state index contributed by atoms with van der Waals surface area (Å²) < 4.78 is 10.3. The van der Waals surface area contributed by atoms with Crippen molar-refractivity contribution in [2.75, 3.05) is 13.7 Å². The highest BCUT2D eigenvalue weighted by Crippen LogP contribution is 2.21. The maximum absolute atomic E-state index is 11.5. The molecule has 2 rings (SSSR count). The van der Waals surface area contributed by atoms with Gasteiger partial charge in [-0.15, -0.1) is 0 Å². The summed E-state index contributed by atoms with van der Waals surface area (Å²) in [5.74, 6) is 0.548. The molecule has 1 aromatic carbocycles. The fraction of sp³-hybridized carbons (Fsp3) is 0.353. The van der Waals surface area contributed by atoms with Gasteiger partial charge in [0.1, 0.15) is 5.76 Å². The average molecular weight is 287 g/mol. The number of carbonyl (C=O) groups excluding carboxylic acids is 1.